The number of aryl methyl sites for hydroxylation is 1. The lowest BCUT2D eigenvalue weighted by Gasteiger charge is -2.32. The third-order valence-corrected chi connectivity index (χ3v) is 8.26. The van der Waals surface area contributed by atoms with Gasteiger partial charge < -0.3 is 29.2 Å². The first-order valence-corrected chi connectivity index (χ1v) is 13.2. The lowest BCUT2D eigenvalue weighted by atomic mass is 10.0. The Morgan fingerprint density at radius 3 is 2.83 bits per heavy atom. The Balaban J connectivity index is 1.39. The summed E-state index contributed by atoms with van der Waals surface area (Å²) in [6.45, 7) is 1.93. The number of thiophene rings is 1. The van der Waals surface area contributed by atoms with E-state index in [4.69, 9.17) is 14.8 Å². The van der Waals surface area contributed by atoms with Crippen LogP contribution in [0.25, 0.3) is 32.8 Å². The van der Waals surface area contributed by atoms with Gasteiger partial charge in [-0.25, -0.2) is 9.78 Å². The summed E-state index contributed by atoms with van der Waals surface area (Å²) in [5, 5.41) is 14.9. The zero-order chi connectivity index (χ0) is 25.0. The fourth-order valence-corrected chi connectivity index (χ4v) is 6.26. The molecular formula is C26H29N5O4S. The summed E-state index contributed by atoms with van der Waals surface area (Å²) in [4.78, 5) is 32.5. The van der Waals surface area contributed by atoms with Crippen molar-refractivity contribution in [3.63, 3.8) is 0 Å². The average Bonchev–Trinajstić information content (AvgIpc) is 3.31. The van der Waals surface area contributed by atoms with Crippen LogP contribution in [-0.2, 0) is 13.6 Å². The summed E-state index contributed by atoms with van der Waals surface area (Å²) in [7, 11) is 3.60. The topological polar surface area (TPSA) is 102 Å². The second-order valence-corrected chi connectivity index (χ2v) is 10.7. The van der Waals surface area contributed by atoms with Crippen molar-refractivity contribution in [1.29, 1.82) is 0 Å². The van der Waals surface area contributed by atoms with Crippen molar-refractivity contribution in [2.24, 2.45) is 13.0 Å². The first kappa shape index (κ1) is 22.9. The van der Waals surface area contributed by atoms with E-state index >= 15 is 0 Å². The van der Waals surface area contributed by atoms with Crippen LogP contribution in [-0.4, -0.2) is 62.4 Å². The van der Waals surface area contributed by atoms with Gasteiger partial charge in [-0.05, 0) is 61.2 Å². The van der Waals surface area contributed by atoms with Crippen LogP contribution in [0.5, 0.6) is 5.75 Å². The Kier molecular flexibility index (Phi) is 5.63. The molecule has 2 fully saturated rings. The van der Waals surface area contributed by atoms with Crippen LogP contribution in [0.15, 0.2) is 29.6 Å². The molecule has 36 heavy (non-hydrogen) atoms. The minimum atomic E-state index is -1.07. The number of carbonyl (C=O) groups excluding carboxylic acids is 1. The molecule has 2 N–H and O–H groups in total. The van der Waals surface area contributed by atoms with Crippen molar-refractivity contribution in [3.8, 4) is 17.3 Å². The molecule has 4 heterocycles. The predicted molar refractivity (Wildman–Crippen MR) is 139 cm³/mol. The maximum absolute atomic E-state index is 13.4. The summed E-state index contributed by atoms with van der Waals surface area (Å²) < 4.78 is 10.2. The monoisotopic (exact) mass is 507 g/mol. The van der Waals surface area contributed by atoms with Crippen molar-refractivity contribution < 1.29 is 19.4 Å². The second kappa shape index (κ2) is 8.85. The lowest BCUT2D eigenvalue weighted by Crippen LogP contribution is -2.49. The minimum Gasteiger partial charge on any atom is -0.494 e. The van der Waals surface area contributed by atoms with Crippen LogP contribution >= 0.6 is 11.3 Å². The highest BCUT2D eigenvalue weighted by atomic mass is 32.1. The van der Waals surface area contributed by atoms with Gasteiger partial charge in [-0.1, -0.05) is 0 Å². The van der Waals surface area contributed by atoms with E-state index in [1.165, 1.54) is 23.1 Å². The van der Waals surface area contributed by atoms with Crippen molar-refractivity contribution in [3.05, 3.63) is 35.2 Å². The number of rotatable bonds is 6. The molecule has 3 aromatic heterocycles. The van der Waals surface area contributed by atoms with E-state index in [0.29, 0.717) is 29.9 Å². The van der Waals surface area contributed by atoms with E-state index in [-0.39, 0.29) is 11.9 Å². The van der Waals surface area contributed by atoms with Gasteiger partial charge in [0.1, 0.15) is 16.1 Å². The molecule has 0 radical (unpaired) electrons. The average molecular weight is 508 g/mol. The quantitative estimate of drug-likeness (QED) is 0.399. The van der Waals surface area contributed by atoms with Crippen molar-refractivity contribution in [2.45, 2.75) is 38.3 Å². The first-order valence-electron chi connectivity index (χ1n) is 12.3. The molecule has 1 aliphatic heterocycles. The Hall–Kier alpha value is -3.53. The van der Waals surface area contributed by atoms with Crippen LogP contribution in [0.4, 0.5) is 4.79 Å². The Morgan fingerprint density at radius 2 is 2.08 bits per heavy atom. The van der Waals surface area contributed by atoms with Gasteiger partial charge in [0.2, 0.25) is 0 Å². The van der Waals surface area contributed by atoms with Gasteiger partial charge in [-0.2, -0.15) is 0 Å². The van der Waals surface area contributed by atoms with Crippen LogP contribution in [0.2, 0.25) is 0 Å². The molecule has 1 aliphatic carbocycles. The maximum Gasteiger partial charge on any atom is 0.404 e. The van der Waals surface area contributed by atoms with E-state index in [1.807, 2.05) is 13.1 Å². The summed E-state index contributed by atoms with van der Waals surface area (Å²) in [6, 6.07) is 7.69. The van der Waals surface area contributed by atoms with Gasteiger partial charge in [-0.15, -0.1) is 11.3 Å². The van der Waals surface area contributed by atoms with Gasteiger partial charge in [0.05, 0.1) is 18.3 Å². The highest BCUT2D eigenvalue weighted by Gasteiger charge is 2.29. The normalized spacial score (nSPS) is 18.2. The van der Waals surface area contributed by atoms with E-state index in [0.717, 1.165) is 42.3 Å². The van der Waals surface area contributed by atoms with E-state index in [1.54, 1.807) is 29.4 Å². The van der Waals surface area contributed by atoms with Gasteiger partial charge in [0.25, 0.3) is 5.91 Å². The Morgan fingerprint density at radius 1 is 1.25 bits per heavy atom. The first-order chi connectivity index (χ1) is 17.4. The van der Waals surface area contributed by atoms with E-state index < -0.39 is 6.09 Å². The number of aromatic nitrogens is 3. The SMILES string of the molecule is COc1cc(C(=O)N2CCCC(NC(=O)O)C2)cc2nc(-c3cc4ccsc4n3CC3CC3)n(C)c12. The third-order valence-electron chi connectivity index (χ3n) is 7.31. The highest BCUT2D eigenvalue weighted by molar-refractivity contribution is 7.16. The maximum atomic E-state index is 13.4. The molecule has 0 spiro atoms. The van der Waals surface area contributed by atoms with Gasteiger partial charge in [0, 0.05) is 43.7 Å². The Bertz CT molecular complexity index is 1480. The van der Waals surface area contributed by atoms with Crippen molar-refractivity contribution >= 4 is 44.6 Å². The molecule has 2 amide bonds. The Labute approximate surface area is 212 Å². The molecule has 4 aromatic rings. The number of likely N-dealkylation sites (tertiary alicyclic amines) is 1. The van der Waals surface area contributed by atoms with Gasteiger partial charge >= 0.3 is 6.09 Å². The smallest absolute Gasteiger partial charge is 0.404 e. The molecule has 10 heteroatoms. The lowest BCUT2D eigenvalue weighted by molar-refractivity contribution is 0.0692. The summed E-state index contributed by atoms with van der Waals surface area (Å²) in [5.74, 6) is 2.02. The van der Waals surface area contributed by atoms with E-state index in [2.05, 4.69) is 32.0 Å². The number of amides is 2. The van der Waals surface area contributed by atoms with Crippen LogP contribution < -0.4 is 10.1 Å². The number of nitrogens with one attached hydrogen (secondary N) is 1. The number of hydrogen-bond donors (Lipinski definition) is 2. The molecule has 1 saturated carbocycles. The molecule has 1 unspecified atom stereocenters. The van der Waals surface area contributed by atoms with Crippen molar-refractivity contribution in [1.82, 2.24) is 24.3 Å². The molecule has 1 saturated heterocycles. The molecule has 0 bridgehead atoms. The second-order valence-electron chi connectivity index (χ2n) is 9.85. The number of hydrogen-bond acceptors (Lipinski definition) is 5. The molecule has 188 valence electrons. The number of imidazole rings is 1. The highest BCUT2D eigenvalue weighted by Crippen LogP contribution is 2.39. The fraction of sp³-hybridized carbons (Fsp3) is 0.423. The fourth-order valence-electron chi connectivity index (χ4n) is 5.36. The zero-order valence-corrected chi connectivity index (χ0v) is 21.2. The summed E-state index contributed by atoms with van der Waals surface area (Å²) >= 11 is 1.75. The molecule has 1 aromatic carbocycles. The van der Waals surface area contributed by atoms with Gasteiger partial charge in [-0.3, -0.25) is 4.79 Å². The molecule has 2 aliphatic rings. The number of nitrogens with zero attached hydrogens (tertiary/aromatic N) is 4. The minimum absolute atomic E-state index is 0.142. The zero-order valence-electron chi connectivity index (χ0n) is 20.4. The van der Waals surface area contributed by atoms with Gasteiger partial charge in [0.15, 0.2) is 5.82 Å². The number of carbonyl (C=O) groups is 2. The number of carboxylic acid groups (broad SMARTS) is 1. The largest absolute Gasteiger partial charge is 0.494 e. The van der Waals surface area contributed by atoms with Crippen LogP contribution in [0.3, 0.4) is 0 Å². The summed E-state index contributed by atoms with van der Waals surface area (Å²) in [6.07, 6.45) is 2.95. The molecule has 9 nitrogen and oxygen atoms in total. The van der Waals surface area contributed by atoms with Crippen LogP contribution in [0, 0.1) is 5.92 Å². The van der Waals surface area contributed by atoms with E-state index in [9.17, 15) is 9.59 Å². The van der Waals surface area contributed by atoms with Crippen LogP contribution in [0.1, 0.15) is 36.0 Å². The standard InChI is InChI=1S/C26H29N5O4S/c1-29-22-19(28-23(29)20-11-16-7-9-36-25(16)31(20)13-15-5-6-15)10-17(12-21(22)35-2)24(32)30-8-3-4-18(14-30)27-26(33)34/h7,9-12,15,18,27H,3-6,8,13-14H2,1-2H3,(H,33,34). The third kappa shape index (κ3) is 3.99. The molecular weight excluding hydrogens is 478 g/mol. The number of piperidine rings is 1. The number of methoxy groups -OCH3 is 1. The molecule has 1 atom stereocenters. The number of benzene rings is 1. The predicted octanol–water partition coefficient (Wildman–Crippen LogP) is 4.55. The number of ether oxygens (including phenoxy) is 1. The number of fused-ring (bicyclic) bond motifs is 2. The molecule has 6 rings (SSSR count). The summed E-state index contributed by atoms with van der Waals surface area (Å²) in [5.41, 5.74) is 3.12. The van der Waals surface area contributed by atoms with Crippen molar-refractivity contribution in [2.75, 3.05) is 20.2 Å².